The summed E-state index contributed by atoms with van der Waals surface area (Å²) in [6.45, 7) is 9.49. The van der Waals surface area contributed by atoms with Crippen molar-refractivity contribution in [3.63, 3.8) is 0 Å². The van der Waals surface area contributed by atoms with Crippen molar-refractivity contribution in [2.75, 3.05) is 0 Å². The van der Waals surface area contributed by atoms with Crippen LogP contribution in [-0.4, -0.2) is 15.8 Å². The molecule has 0 saturated carbocycles. The minimum Gasteiger partial charge on any atom is -0.310 e. The zero-order chi connectivity index (χ0) is 14.7. The smallest absolute Gasteiger partial charge is 0.0835 e. The van der Waals surface area contributed by atoms with Crippen molar-refractivity contribution in [3.8, 4) is 5.69 Å². The van der Waals surface area contributed by atoms with Crippen LogP contribution in [0.4, 0.5) is 0 Å². The van der Waals surface area contributed by atoms with E-state index in [0.29, 0.717) is 12.0 Å². The maximum atomic E-state index is 6.30. The third kappa shape index (κ3) is 3.22. The summed E-state index contributed by atoms with van der Waals surface area (Å²) < 4.78 is 1.96. The van der Waals surface area contributed by atoms with Gasteiger partial charge in [0.2, 0.25) is 0 Å². The summed E-state index contributed by atoms with van der Waals surface area (Å²) in [5, 5.41) is 8.71. The van der Waals surface area contributed by atoms with Gasteiger partial charge in [-0.15, -0.1) is 0 Å². The number of hydrogen-bond donors (Lipinski definition) is 1. The standard InChI is InChI=1S/C16H22ClN3/c1-11(2)16-13(9-18-12(3)4)10-19-20(16)15-8-6-5-7-14(15)17/h5-8,10-12,18H,9H2,1-4H3. The number of halogens is 1. The van der Waals surface area contributed by atoms with Gasteiger partial charge in [0, 0.05) is 18.2 Å². The molecule has 0 aliphatic rings. The molecule has 0 bridgehead atoms. The van der Waals surface area contributed by atoms with E-state index in [2.05, 4.69) is 38.1 Å². The lowest BCUT2D eigenvalue weighted by Gasteiger charge is -2.15. The minimum atomic E-state index is 0.387. The van der Waals surface area contributed by atoms with Gasteiger partial charge in [-0.3, -0.25) is 0 Å². The molecule has 2 aromatic rings. The molecular formula is C16H22ClN3. The third-order valence-electron chi connectivity index (χ3n) is 3.21. The first-order chi connectivity index (χ1) is 9.50. The average molecular weight is 292 g/mol. The van der Waals surface area contributed by atoms with Crippen molar-refractivity contribution in [1.82, 2.24) is 15.1 Å². The highest BCUT2D eigenvalue weighted by Crippen LogP contribution is 2.26. The Morgan fingerprint density at radius 1 is 1.20 bits per heavy atom. The Hall–Kier alpha value is -1.32. The monoisotopic (exact) mass is 291 g/mol. The Bertz CT molecular complexity index is 573. The summed E-state index contributed by atoms with van der Waals surface area (Å²) in [6.07, 6.45) is 1.94. The SMILES string of the molecule is CC(C)NCc1cnn(-c2ccccc2Cl)c1C(C)C. The molecule has 4 heteroatoms. The van der Waals surface area contributed by atoms with Gasteiger partial charge in [0.25, 0.3) is 0 Å². The zero-order valence-electron chi connectivity index (χ0n) is 12.5. The van der Waals surface area contributed by atoms with Crippen LogP contribution in [0.1, 0.15) is 44.9 Å². The van der Waals surface area contributed by atoms with Crippen LogP contribution in [0, 0.1) is 0 Å². The van der Waals surface area contributed by atoms with E-state index in [4.69, 9.17) is 11.6 Å². The lowest BCUT2D eigenvalue weighted by Crippen LogP contribution is -2.22. The van der Waals surface area contributed by atoms with Gasteiger partial charge in [-0.25, -0.2) is 4.68 Å². The molecular weight excluding hydrogens is 270 g/mol. The first kappa shape index (κ1) is 15.1. The molecule has 1 heterocycles. The molecule has 2 rings (SSSR count). The highest BCUT2D eigenvalue weighted by Gasteiger charge is 2.16. The molecule has 1 aromatic heterocycles. The molecule has 1 N–H and O–H groups in total. The van der Waals surface area contributed by atoms with Crippen molar-refractivity contribution in [2.24, 2.45) is 0 Å². The fourth-order valence-electron chi connectivity index (χ4n) is 2.27. The summed E-state index contributed by atoms with van der Waals surface area (Å²) >= 11 is 6.30. The molecule has 0 atom stereocenters. The zero-order valence-corrected chi connectivity index (χ0v) is 13.3. The first-order valence-electron chi connectivity index (χ1n) is 7.05. The molecule has 20 heavy (non-hydrogen) atoms. The lowest BCUT2D eigenvalue weighted by molar-refractivity contribution is 0.582. The largest absolute Gasteiger partial charge is 0.310 e. The lowest BCUT2D eigenvalue weighted by atomic mass is 10.1. The number of benzene rings is 1. The van der Waals surface area contributed by atoms with Gasteiger partial charge >= 0.3 is 0 Å². The molecule has 1 aromatic carbocycles. The van der Waals surface area contributed by atoms with Crippen molar-refractivity contribution in [1.29, 1.82) is 0 Å². The highest BCUT2D eigenvalue weighted by molar-refractivity contribution is 6.32. The van der Waals surface area contributed by atoms with Crippen LogP contribution in [-0.2, 0) is 6.54 Å². The van der Waals surface area contributed by atoms with E-state index in [1.165, 1.54) is 11.3 Å². The van der Waals surface area contributed by atoms with Gasteiger partial charge in [-0.05, 0) is 18.1 Å². The number of rotatable bonds is 5. The van der Waals surface area contributed by atoms with Crippen LogP contribution in [0.15, 0.2) is 30.5 Å². The van der Waals surface area contributed by atoms with E-state index in [1.807, 2.05) is 35.1 Å². The van der Waals surface area contributed by atoms with Crippen LogP contribution >= 0.6 is 11.6 Å². The second-order valence-electron chi connectivity index (χ2n) is 5.61. The average Bonchev–Trinajstić information content (AvgIpc) is 2.80. The molecule has 0 unspecified atom stereocenters. The maximum Gasteiger partial charge on any atom is 0.0835 e. The Labute approximate surface area is 126 Å². The van der Waals surface area contributed by atoms with E-state index in [9.17, 15) is 0 Å². The van der Waals surface area contributed by atoms with Gasteiger partial charge in [0.05, 0.1) is 22.6 Å². The number of nitrogens with one attached hydrogen (secondary N) is 1. The Morgan fingerprint density at radius 2 is 1.90 bits per heavy atom. The van der Waals surface area contributed by atoms with Crippen molar-refractivity contribution in [2.45, 2.75) is 46.2 Å². The van der Waals surface area contributed by atoms with Crippen molar-refractivity contribution in [3.05, 3.63) is 46.7 Å². The van der Waals surface area contributed by atoms with E-state index < -0.39 is 0 Å². The Balaban J connectivity index is 2.42. The maximum absolute atomic E-state index is 6.30. The number of aromatic nitrogens is 2. The quantitative estimate of drug-likeness (QED) is 0.897. The summed E-state index contributed by atoms with van der Waals surface area (Å²) in [7, 11) is 0. The predicted octanol–water partition coefficient (Wildman–Crippen LogP) is 4.15. The summed E-state index contributed by atoms with van der Waals surface area (Å²) in [6, 6.07) is 8.28. The van der Waals surface area contributed by atoms with Crippen LogP contribution in [0.5, 0.6) is 0 Å². The fourth-order valence-corrected chi connectivity index (χ4v) is 2.49. The van der Waals surface area contributed by atoms with Gasteiger partial charge in [0.15, 0.2) is 0 Å². The summed E-state index contributed by atoms with van der Waals surface area (Å²) in [4.78, 5) is 0. The molecule has 0 aliphatic carbocycles. The Kier molecular flexibility index (Phi) is 4.84. The van der Waals surface area contributed by atoms with Crippen molar-refractivity contribution >= 4 is 11.6 Å². The van der Waals surface area contributed by atoms with Gasteiger partial charge < -0.3 is 5.32 Å². The second-order valence-corrected chi connectivity index (χ2v) is 6.02. The molecule has 0 amide bonds. The van der Waals surface area contributed by atoms with Crippen LogP contribution in [0.2, 0.25) is 5.02 Å². The minimum absolute atomic E-state index is 0.387. The molecule has 0 radical (unpaired) electrons. The second kappa shape index (κ2) is 6.42. The third-order valence-corrected chi connectivity index (χ3v) is 3.53. The predicted molar refractivity (Wildman–Crippen MR) is 84.6 cm³/mol. The van der Waals surface area contributed by atoms with E-state index >= 15 is 0 Å². The highest BCUT2D eigenvalue weighted by atomic mass is 35.5. The van der Waals surface area contributed by atoms with Gasteiger partial charge in [-0.2, -0.15) is 5.10 Å². The van der Waals surface area contributed by atoms with Crippen LogP contribution in [0.25, 0.3) is 5.69 Å². The molecule has 3 nitrogen and oxygen atoms in total. The summed E-state index contributed by atoms with van der Waals surface area (Å²) in [5.41, 5.74) is 3.38. The van der Waals surface area contributed by atoms with Gasteiger partial charge in [0.1, 0.15) is 0 Å². The molecule has 0 saturated heterocycles. The van der Waals surface area contributed by atoms with Crippen molar-refractivity contribution < 1.29 is 0 Å². The number of nitrogens with zero attached hydrogens (tertiary/aromatic N) is 2. The number of hydrogen-bond acceptors (Lipinski definition) is 2. The normalized spacial score (nSPS) is 11.6. The molecule has 0 aliphatic heterocycles. The van der Waals surface area contributed by atoms with E-state index in [0.717, 1.165) is 17.3 Å². The van der Waals surface area contributed by atoms with Crippen LogP contribution < -0.4 is 5.32 Å². The van der Waals surface area contributed by atoms with Gasteiger partial charge in [-0.1, -0.05) is 51.4 Å². The van der Waals surface area contributed by atoms with E-state index in [-0.39, 0.29) is 0 Å². The number of para-hydroxylation sites is 1. The topological polar surface area (TPSA) is 29.9 Å². The molecule has 108 valence electrons. The fraction of sp³-hybridized carbons (Fsp3) is 0.438. The molecule has 0 fully saturated rings. The Morgan fingerprint density at radius 3 is 2.50 bits per heavy atom. The van der Waals surface area contributed by atoms with E-state index in [1.54, 1.807) is 0 Å². The summed E-state index contributed by atoms with van der Waals surface area (Å²) in [5.74, 6) is 0.387. The first-order valence-corrected chi connectivity index (χ1v) is 7.43. The van der Waals surface area contributed by atoms with Crippen LogP contribution in [0.3, 0.4) is 0 Å². The molecule has 0 spiro atoms.